The van der Waals surface area contributed by atoms with Crippen LogP contribution in [0.25, 0.3) is 5.57 Å². The number of fused-ring (bicyclic) bond motifs is 8. The van der Waals surface area contributed by atoms with Gasteiger partial charge in [0.1, 0.15) is 17.7 Å². The Labute approximate surface area is 310 Å². The van der Waals surface area contributed by atoms with Crippen molar-refractivity contribution in [2.75, 3.05) is 4.90 Å². The molecule has 260 valence electrons. The van der Waals surface area contributed by atoms with Crippen LogP contribution in [0, 0.1) is 34.5 Å². The predicted octanol–water partition coefficient (Wildman–Crippen LogP) is 12.8. The third-order valence-electron chi connectivity index (χ3n) is 11.8. The van der Waals surface area contributed by atoms with E-state index in [9.17, 15) is 10.5 Å². The maximum absolute atomic E-state index is 10.3. The highest BCUT2D eigenvalue weighted by molar-refractivity contribution is 5.98. The number of allylic oxidation sites excluding steroid dienone is 1. The van der Waals surface area contributed by atoms with Gasteiger partial charge in [0.05, 0.1) is 16.8 Å². The van der Waals surface area contributed by atoms with Gasteiger partial charge in [-0.2, -0.15) is 10.5 Å². The fourth-order valence-corrected chi connectivity index (χ4v) is 8.65. The number of benzene rings is 5. The van der Waals surface area contributed by atoms with E-state index in [1.54, 1.807) is 0 Å². The quantitative estimate of drug-likeness (QED) is 0.128. The molecule has 1 heterocycles. The lowest BCUT2D eigenvalue weighted by molar-refractivity contribution is 0.495. The lowest BCUT2D eigenvalue weighted by Crippen LogP contribution is -2.41. The molecule has 5 aromatic carbocycles. The van der Waals surface area contributed by atoms with Gasteiger partial charge in [0.25, 0.3) is 0 Å². The third kappa shape index (κ3) is 6.03. The van der Waals surface area contributed by atoms with Gasteiger partial charge in [0.15, 0.2) is 0 Å². The number of hydrogen-bond acceptors (Lipinski definition) is 3. The normalized spacial score (nSPS) is 16.5. The van der Waals surface area contributed by atoms with E-state index >= 15 is 0 Å². The summed E-state index contributed by atoms with van der Waals surface area (Å²) in [5, 5.41) is 20.6. The van der Waals surface area contributed by atoms with Crippen LogP contribution in [-0.2, 0) is 18.3 Å². The van der Waals surface area contributed by atoms with E-state index in [-0.39, 0.29) is 5.57 Å². The number of nitrogens with zero attached hydrogens (tertiary/aromatic N) is 3. The van der Waals surface area contributed by atoms with E-state index in [4.69, 9.17) is 0 Å². The second-order valence-electron chi connectivity index (χ2n) is 15.0. The molecule has 2 unspecified atom stereocenters. The van der Waals surface area contributed by atoms with E-state index in [0.717, 1.165) is 70.6 Å². The second-order valence-corrected chi connectivity index (χ2v) is 15.0. The van der Waals surface area contributed by atoms with E-state index < -0.39 is 5.41 Å². The zero-order chi connectivity index (χ0) is 36.2. The van der Waals surface area contributed by atoms with E-state index in [1.807, 2.05) is 12.1 Å². The average molecular weight is 680 g/mol. The maximum atomic E-state index is 10.3. The molecular weight excluding hydrogens is 631 g/mol. The third-order valence-corrected chi connectivity index (χ3v) is 11.8. The average Bonchev–Trinajstić information content (AvgIpc) is 3.19. The molecule has 0 fully saturated rings. The number of nitriles is 2. The molecule has 1 aliphatic carbocycles. The van der Waals surface area contributed by atoms with Crippen molar-refractivity contribution in [1.82, 2.24) is 0 Å². The summed E-state index contributed by atoms with van der Waals surface area (Å²) in [4.78, 5) is 2.45. The van der Waals surface area contributed by atoms with Crippen molar-refractivity contribution in [1.29, 1.82) is 10.5 Å². The van der Waals surface area contributed by atoms with Crippen molar-refractivity contribution in [3.63, 3.8) is 0 Å². The summed E-state index contributed by atoms with van der Waals surface area (Å²) in [6.07, 6.45) is 9.15. The summed E-state index contributed by atoms with van der Waals surface area (Å²) >= 11 is 0. The van der Waals surface area contributed by atoms with Gasteiger partial charge in [-0.15, -0.1) is 0 Å². The van der Waals surface area contributed by atoms with Crippen LogP contribution in [0.5, 0.6) is 0 Å². The number of hydrogen-bond donors (Lipinski definition) is 0. The van der Waals surface area contributed by atoms with Crippen molar-refractivity contribution < 1.29 is 0 Å². The Hall–Kier alpha value is -5.38. The molecule has 0 saturated heterocycles. The zero-order valence-electron chi connectivity index (χ0n) is 31.1. The van der Waals surface area contributed by atoms with Gasteiger partial charge in [-0.3, -0.25) is 0 Å². The molecule has 2 atom stereocenters. The van der Waals surface area contributed by atoms with Gasteiger partial charge in [-0.25, -0.2) is 0 Å². The van der Waals surface area contributed by atoms with Crippen LogP contribution in [0.4, 0.5) is 17.1 Å². The first kappa shape index (κ1) is 35.0. The van der Waals surface area contributed by atoms with Crippen LogP contribution >= 0.6 is 0 Å². The minimum atomic E-state index is -0.678. The fourth-order valence-electron chi connectivity index (χ4n) is 8.65. The van der Waals surface area contributed by atoms with Crippen molar-refractivity contribution in [2.45, 2.75) is 84.5 Å². The van der Waals surface area contributed by atoms with Crippen LogP contribution in [0.3, 0.4) is 0 Å². The number of aryl methyl sites for hydroxylation is 2. The molecule has 0 saturated carbocycles. The Morgan fingerprint density at radius 1 is 0.596 bits per heavy atom. The van der Waals surface area contributed by atoms with Crippen molar-refractivity contribution in [3.05, 3.63) is 165 Å². The lowest BCUT2D eigenvalue weighted by Gasteiger charge is -2.50. The van der Waals surface area contributed by atoms with Gasteiger partial charge in [-0.05, 0) is 106 Å². The van der Waals surface area contributed by atoms with E-state index in [0.29, 0.717) is 11.8 Å². The van der Waals surface area contributed by atoms with Crippen LogP contribution < -0.4 is 4.90 Å². The highest BCUT2D eigenvalue weighted by Gasteiger charge is 2.51. The first-order valence-corrected chi connectivity index (χ1v) is 19.3. The Morgan fingerprint density at radius 3 is 1.52 bits per heavy atom. The Balaban J connectivity index is 1.57. The number of para-hydroxylation sites is 1. The predicted molar refractivity (Wildman–Crippen MR) is 215 cm³/mol. The largest absolute Gasteiger partial charge is 0.310 e. The molecule has 2 aliphatic rings. The van der Waals surface area contributed by atoms with Crippen molar-refractivity contribution >= 4 is 22.6 Å². The van der Waals surface area contributed by atoms with Crippen LogP contribution in [-0.4, -0.2) is 0 Å². The standard InChI is InChI=1S/C49H49N3/c1-5-34(3)16-14-18-36-26-28-46-44(30-36)49(42-24-12-10-22-40(42)48(38(32-50)33-51)41-23-11-13-25-43(41)49)45-31-37(19-15-17-35(4)6-2)27-29-47(45)52(46)39-20-8-7-9-21-39/h7-13,20-31,34-35H,5-6,14-19H2,1-4H3. The van der Waals surface area contributed by atoms with Gasteiger partial charge in [0, 0.05) is 11.3 Å². The molecule has 0 N–H and O–H groups in total. The lowest BCUT2D eigenvalue weighted by atomic mass is 9.56. The Bertz CT molecular complexity index is 2060. The first-order chi connectivity index (χ1) is 25.5. The Kier molecular flexibility index (Phi) is 10.2. The summed E-state index contributed by atoms with van der Waals surface area (Å²) in [7, 11) is 0. The minimum absolute atomic E-state index is 0.148. The molecule has 3 heteroatoms. The minimum Gasteiger partial charge on any atom is -0.310 e. The summed E-state index contributed by atoms with van der Waals surface area (Å²) in [6.45, 7) is 9.28. The fraction of sp³-hybridized carbons (Fsp3) is 0.306. The zero-order valence-corrected chi connectivity index (χ0v) is 31.1. The molecule has 0 bridgehead atoms. The monoisotopic (exact) mass is 679 g/mol. The topological polar surface area (TPSA) is 50.8 Å². The molecule has 5 aromatic rings. The second kappa shape index (κ2) is 15.1. The first-order valence-electron chi connectivity index (χ1n) is 19.3. The van der Waals surface area contributed by atoms with Gasteiger partial charge in [0.2, 0.25) is 0 Å². The van der Waals surface area contributed by atoms with Crippen LogP contribution in [0.2, 0.25) is 0 Å². The van der Waals surface area contributed by atoms with Gasteiger partial charge < -0.3 is 4.90 Å². The van der Waals surface area contributed by atoms with E-state index in [2.05, 4.69) is 148 Å². The van der Waals surface area contributed by atoms with E-state index in [1.165, 1.54) is 47.9 Å². The molecular formula is C49H49N3. The molecule has 52 heavy (non-hydrogen) atoms. The molecule has 3 nitrogen and oxygen atoms in total. The molecule has 7 rings (SSSR count). The van der Waals surface area contributed by atoms with Crippen molar-refractivity contribution in [2.24, 2.45) is 11.8 Å². The molecule has 0 aromatic heterocycles. The van der Waals surface area contributed by atoms with Gasteiger partial charge >= 0.3 is 0 Å². The molecule has 1 aliphatic heterocycles. The SMILES string of the molecule is CCC(C)CCCc1ccc2c(c1)C1(c3ccccc3C(=C(C#N)C#N)c3ccccc31)c1cc(CCCC(C)CC)ccc1N2c1ccccc1. The summed E-state index contributed by atoms with van der Waals surface area (Å²) < 4.78 is 0. The summed E-state index contributed by atoms with van der Waals surface area (Å²) in [6, 6.07) is 46.7. The van der Waals surface area contributed by atoms with Crippen LogP contribution in [0.1, 0.15) is 111 Å². The Morgan fingerprint density at radius 2 is 1.06 bits per heavy atom. The highest BCUT2D eigenvalue weighted by atomic mass is 15.2. The van der Waals surface area contributed by atoms with Crippen molar-refractivity contribution in [3.8, 4) is 12.1 Å². The van der Waals surface area contributed by atoms with Crippen LogP contribution in [0.15, 0.2) is 121 Å². The number of rotatable bonds is 11. The molecule has 1 spiro atoms. The van der Waals surface area contributed by atoms with Gasteiger partial charge in [-0.1, -0.05) is 144 Å². The molecule has 0 amide bonds. The summed E-state index contributed by atoms with van der Waals surface area (Å²) in [5.41, 5.74) is 13.0. The smallest absolute Gasteiger partial charge is 0.138 e. The maximum Gasteiger partial charge on any atom is 0.138 e. The number of anilines is 3. The summed E-state index contributed by atoms with van der Waals surface area (Å²) in [5.74, 6) is 1.42. The molecule has 0 radical (unpaired) electrons. The highest BCUT2D eigenvalue weighted by Crippen LogP contribution is 2.62.